The summed E-state index contributed by atoms with van der Waals surface area (Å²) >= 11 is 0. The molecule has 22 heavy (non-hydrogen) atoms. The molecule has 0 radical (unpaired) electrons. The molecule has 2 aromatic rings. The van der Waals surface area contributed by atoms with E-state index in [0.29, 0.717) is 6.54 Å². The van der Waals surface area contributed by atoms with Crippen molar-refractivity contribution >= 4 is 30.0 Å². The average Bonchev–Trinajstić information content (AvgIpc) is 2.49. The van der Waals surface area contributed by atoms with Gasteiger partial charge >= 0.3 is 0 Å². The first-order valence-corrected chi connectivity index (χ1v) is 6.74. The minimum absolute atomic E-state index is 0. The molecule has 0 heterocycles. The maximum atomic E-state index is 5.77. The fraction of sp³-hybridized carbons (Fsp3) is 0.125. The quantitative estimate of drug-likeness (QED) is 0.597. The summed E-state index contributed by atoms with van der Waals surface area (Å²) in [5.74, 6) is 0.397. The zero-order valence-corrected chi connectivity index (χ0v) is 13.0. The Bertz CT molecular complexity index is 611. The second-order valence-corrected chi connectivity index (χ2v) is 4.46. The third kappa shape index (κ3) is 6.28. The van der Waals surface area contributed by atoms with E-state index in [9.17, 15) is 0 Å². The van der Waals surface area contributed by atoms with Crippen LogP contribution < -0.4 is 16.8 Å². The van der Waals surface area contributed by atoms with Crippen LogP contribution in [0.2, 0.25) is 0 Å². The molecule has 0 spiro atoms. The zero-order valence-electron chi connectivity index (χ0n) is 12.1. The molecule has 6 heteroatoms. The minimum Gasteiger partial charge on any atom is -0.369 e. The predicted octanol–water partition coefficient (Wildman–Crippen LogP) is 2.39. The lowest BCUT2D eigenvalue weighted by Gasteiger charge is -2.04. The van der Waals surface area contributed by atoms with Crippen molar-refractivity contribution in [2.45, 2.75) is 6.42 Å². The van der Waals surface area contributed by atoms with E-state index in [4.69, 9.17) is 11.5 Å². The molecule has 0 atom stereocenters. The van der Waals surface area contributed by atoms with E-state index < -0.39 is 0 Å². The van der Waals surface area contributed by atoms with Crippen LogP contribution in [0.5, 0.6) is 0 Å². The van der Waals surface area contributed by atoms with Crippen molar-refractivity contribution in [3.63, 3.8) is 0 Å². The fourth-order valence-electron chi connectivity index (χ4n) is 1.80. The molecule has 5 N–H and O–H groups in total. The summed E-state index contributed by atoms with van der Waals surface area (Å²) in [4.78, 5) is 8.20. The van der Waals surface area contributed by atoms with Crippen molar-refractivity contribution in [3.8, 4) is 0 Å². The highest BCUT2D eigenvalue weighted by molar-refractivity contribution is 6.00. The monoisotopic (exact) mass is 317 g/mol. The highest BCUT2D eigenvalue weighted by Crippen LogP contribution is 2.03. The fourth-order valence-corrected chi connectivity index (χ4v) is 1.80. The third-order valence-electron chi connectivity index (χ3n) is 2.80. The molecular formula is C16H20ClN5. The topological polar surface area (TPSA) is 88.8 Å². The number of hydrogen-bond acceptors (Lipinski definition) is 1. The molecule has 0 saturated carbocycles. The molecule has 0 bridgehead atoms. The number of anilines is 1. The van der Waals surface area contributed by atoms with Gasteiger partial charge < -0.3 is 16.8 Å². The summed E-state index contributed by atoms with van der Waals surface area (Å²) < 4.78 is 0. The summed E-state index contributed by atoms with van der Waals surface area (Å²) in [6.45, 7) is 0.581. The van der Waals surface area contributed by atoms with Gasteiger partial charge in [0.25, 0.3) is 0 Å². The second-order valence-electron chi connectivity index (χ2n) is 4.46. The number of para-hydroxylation sites is 1. The van der Waals surface area contributed by atoms with Crippen molar-refractivity contribution in [2.75, 3.05) is 11.9 Å². The van der Waals surface area contributed by atoms with Crippen LogP contribution >= 0.6 is 12.4 Å². The van der Waals surface area contributed by atoms with Crippen LogP contribution in [-0.4, -0.2) is 18.5 Å². The SMILES string of the molecule is Cl.NC(=NCCc1ccccc1)/N=C(\N)Nc1ccccc1. The van der Waals surface area contributed by atoms with Crippen molar-refractivity contribution < 1.29 is 0 Å². The number of benzene rings is 2. The van der Waals surface area contributed by atoms with Crippen LogP contribution in [0.15, 0.2) is 70.6 Å². The zero-order chi connectivity index (χ0) is 14.9. The van der Waals surface area contributed by atoms with Gasteiger partial charge in [-0.15, -0.1) is 12.4 Å². The van der Waals surface area contributed by atoms with Gasteiger partial charge in [0.05, 0.1) is 0 Å². The van der Waals surface area contributed by atoms with Crippen molar-refractivity contribution in [2.24, 2.45) is 21.5 Å². The van der Waals surface area contributed by atoms with Crippen molar-refractivity contribution in [1.82, 2.24) is 0 Å². The molecule has 2 rings (SSSR count). The van der Waals surface area contributed by atoms with Crippen LogP contribution in [0.1, 0.15) is 5.56 Å². The molecule has 0 fully saturated rings. The van der Waals surface area contributed by atoms with Gasteiger partial charge in [-0.2, -0.15) is 4.99 Å². The van der Waals surface area contributed by atoms with Crippen LogP contribution in [0.3, 0.4) is 0 Å². The van der Waals surface area contributed by atoms with E-state index in [1.54, 1.807) is 0 Å². The highest BCUT2D eigenvalue weighted by Gasteiger charge is 1.96. The van der Waals surface area contributed by atoms with Gasteiger partial charge in [0, 0.05) is 12.2 Å². The highest BCUT2D eigenvalue weighted by atomic mass is 35.5. The largest absolute Gasteiger partial charge is 0.369 e. The molecule has 0 saturated heterocycles. The van der Waals surface area contributed by atoms with Gasteiger partial charge in [-0.1, -0.05) is 48.5 Å². The number of aliphatic imine (C=N–C) groups is 2. The Morgan fingerprint density at radius 3 is 2.14 bits per heavy atom. The van der Waals surface area contributed by atoms with Crippen LogP contribution in [0.25, 0.3) is 0 Å². The number of nitrogens with zero attached hydrogens (tertiary/aromatic N) is 2. The predicted molar refractivity (Wildman–Crippen MR) is 95.6 cm³/mol. The van der Waals surface area contributed by atoms with Crippen LogP contribution in [0.4, 0.5) is 5.69 Å². The summed E-state index contributed by atoms with van der Waals surface area (Å²) in [5.41, 5.74) is 13.6. The Balaban J connectivity index is 0.00000242. The van der Waals surface area contributed by atoms with Crippen molar-refractivity contribution in [1.29, 1.82) is 0 Å². The Labute approximate surface area is 136 Å². The van der Waals surface area contributed by atoms with Crippen LogP contribution in [0, 0.1) is 0 Å². The summed E-state index contributed by atoms with van der Waals surface area (Å²) in [7, 11) is 0. The van der Waals surface area contributed by atoms with Crippen LogP contribution in [-0.2, 0) is 6.42 Å². The normalized spacial score (nSPS) is 11.6. The van der Waals surface area contributed by atoms with E-state index in [0.717, 1.165) is 12.1 Å². The smallest absolute Gasteiger partial charge is 0.218 e. The van der Waals surface area contributed by atoms with E-state index in [1.807, 2.05) is 48.5 Å². The number of rotatable bonds is 4. The Kier molecular flexibility index (Phi) is 7.50. The van der Waals surface area contributed by atoms with E-state index >= 15 is 0 Å². The van der Waals surface area contributed by atoms with Gasteiger partial charge in [0.2, 0.25) is 11.9 Å². The second kappa shape index (κ2) is 9.41. The maximum absolute atomic E-state index is 5.77. The maximum Gasteiger partial charge on any atom is 0.218 e. The number of hydrogen-bond donors (Lipinski definition) is 3. The standard InChI is InChI=1S/C16H19N5.ClH/c17-15(19-12-11-13-7-3-1-4-8-13)21-16(18)20-14-9-5-2-6-10-14;/h1-10H,11-12H2,(H5,17,18,19,20,21);1H. The summed E-state index contributed by atoms with van der Waals surface area (Å²) in [6, 6.07) is 19.6. The van der Waals surface area contributed by atoms with E-state index in [-0.39, 0.29) is 24.3 Å². The Morgan fingerprint density at radius 2 is 1.50 bits per heavy atom. The molecule has 116 valence electrons. The number of halogens is 1. The first-order valence-electron chi connectivity index (χ1n) is 6.74. The van der Waals surface area contributed by atoms with E-state index in [1.165, 1.54) is 5.56 Å². The molecule has 5 nitrogen and oxygen atoms in total. The molecule has 0 aliphatic rings. The molecule has 0 aliphatic heterocycles. The number of guanidine groups is 2. The first-order chi connectivity index (χ1) is 10.2. The lowest BCUT2D eigenvalue weighted by Crippen LogP contribution is -2.26. The lowest BCUT2D eigenvalue weighted by molar-refractivity contribution is 0.962. The van der Waals surface area contributed by atoms with Gasteiger partial charge in [-0.3, -0.25) is 4.99 Å². The van der Waals surface area contributed by atoms with E-state index in [2.05, 4.69) is 27.4 Å². The molecule has 2 aromatic carbocycles. The minimum atomic E-state index is 0. The molecule has 0 amide bonds. The third-order valence-corrected chi connectivity index (χ3v) is 2.80. The molecule has 0 aliphatic carbocycles. The van der Waals surface area contributed by atoms with Gasteiger partial charge in [-0.05, 0) is 24.1 Å². The molecule has 0 aromatic heterocycles. The van der Waals surface area contributed by atoms with Crippen molar-refractivity contribution in [3.05, 3.63) is 66.2 Å². The number of nitrogens with two attached hydrogens (primary N) is 2. The summed E-state index contributed by atoms with van der Waals surface area (Å²) in [5, 5.41) is 2.95. The molecular weight excluding hydrogens is 298 g/mol. The first kappa shape index (κ1) is 17.5. The summed E-state index contributed by atoms with van der Waals surface area (Å²) in [6.07, 6.45) is 0.822. The number of nitrogens with one attached hydrogen (secondary N) is 1. The Hall–Kier alpha value is -2.53. The van der Waals surface area contributed by atoms with Gasteiger partial charge in [0.15, 0.2) is 0 Å². The van der Waals surface area contributed by atoms with Gasteiger partial charge in [-0.25, -0.2) is 0 Å². The Morgan fingerprint density at radius 1 is 0.909 bits per heavy atom. The molecule has 0 unspecified atom stereocenters. The van der Waals surface area contributed by atoms with Gasteiger partial charge in [0.1, 0.15) is 0 Å². The average molecular weight is 318 g/mol. The lowest BCUT2D eigenvalue weighted by atomic mass is 10.2.